The molecule has 2 aromatic carbocycles. The Bertz CT molecular complexity index is 1170. The average molecular weight is 432 g/mol. The Kier molecular flexibility index (Phi) is 5.10. The molecule has 3 aromatic rings. The van der Waals surface area contributed by atoms with Crippen LogP contribution in [0.5, 0.6) is 0 Å². The molecule has 0 unspecified atom stereocenters. The number of hydrogen-bond acceptors (Lipinski definition) is 6. The zero-order chi connectivity index (χ0) is 20.6. The number of halogens is 1. The van der Waals surface area contributed by atoms with Gasteiger partial charge < -0.3 is 4.74 Å². The molecule has 0 saturated heterocycles. The SMILES string of the molecule is CS(=O)(=O)N1CCc2cc(C(=O)OCc3csc(-c4ccc(F)cc4)n3)ccc21. The van der Waals surface area contributed by atoms with Crippen LogP contribution in [0, 0.1) is 5.82 Å². The van der Waals surface area contributed by atoms with Gasteiger partial charge in [0.05, 0.1) is 23.2 Å². The van der Waals surface area contributed by atoms with Crippen molar-refractivity contribution in [2.24, 2.45) is 0 Å². The van der Waals surface area contributed by atoms with E-state index in [2.05, 4.69) is 4.98 Å². The first-order valence-corrected chi connectivity index (χ1v) is 11.5. The van der Waals surface area contributed by atoms with Crippen LogP contribution in [0.4, 0.5) is 10.1 Å². The first-order chi connectivity index (χ1) is 13.8. The van der Waals surface area contributed by atoms with Crippen molar-refractivity contribution < 1.29 is 22.3 Å². The summed E-state index contributed by atoms with van der Waals surface area (Å²) in [6, 6.07) is 10.9. The average Bonchev–Trinajstić information content (AvgIpc) is 3.33. The molecule has 1 aliphatic heterocycles. The van der Waals surface area contributed by atoms with Crippen LogP contribution in [-0.2, 0) is 27.8 Å². The smallest absolute Gasteiger partial charge is 0.338 e. The zero-order valence-corrected chi connectivity index (χ0v) is 17.1. The summed E-state index contributed by atoms with van der Waals surface area (Å²) in [5.41, 5.74) is 3.17. The first-order valence-electron chi connectivity index (χ1n) is 8.79. The van der Waals surface area contributed by atoms with Crippen molar-refractivity contribution in [2.75, 3.05) is 17.1 Å². The number of hydrogen-bond donors (Lipinski definition) is 0. The van der Waals surface area contributed by atoms with Crippen LogP contribution in [0.25, 0.3) is 10.6 Å². The summed E-state index contributed by atoms with van der Waals surface area (Å²) in [5.74, 6) is -0.810. The van der Waals surface area contributed by atoms with E-state index >= 15 is 0 Å². The van der Waals surface area contributed by atoms with E-state index in [4.69, 9.17) is 4.74 Å². The number of carbonyl (C=O) groups is 1. The number of ether oxygens (including phenoxy) is 1. The van der Waals surface area contributed by atoms with Gasteiger partial charge in [-0.05, 0) is 54.4 Å². The van der Waals surface area contributed by atoms with E-state index in [1.165, 1.54) is 34.0 Å². The van der Waals surface area contributed by atoms with Crippen LogP contribution in [0.1, 0.15) is 21.6 Å². The molecule has 0 radical (unpaired) electrons. The molecule has 0 saturated carbocycles. The standard InChI is InChI=1S/C20H17FN2O4S2/c1-29(25,26)23-9-8-14-10-15(4-7-18(14)23)20(24)27-11-17-12-28-19(22-17)13-2-5-16(21)6-3-13/h2-7,10,12H,8-9,11H2,1H3. The van der Waals surface area contributed by atoms with E-state index in [9.17, 15) is 17.6 Å². The second-order valence-corrected chi connectivity index (χ2v) is 9.42. The van der Waals surface area contributed by atoms with Crippen molar-refractivity contribution in [2.45, 2.75) is 13.0 Å². The Morgan fingerprint density at radius 3 is 2.72 bits per heavy atom. The largest absolute Gasteiger partial charge is 0.456 e. The van der Waals surface area contributed by atoms with E-state index in [0.29, 0.717) is 29.9 Å². The number of esters is 1. The molecular weight excluding hydrogens is 415 g/mol. The topological polar surface area (TPSA) is 76.6 Å². The minimum Gasteiger partial charge on any atom is -0.456 e. The normalized spacial score (nSPS) is 13.4. The highest BCUT2D eigenvalue weighted by atomic mass is 32.2. The molecule has 150 valence electrons. The van der Waals surface area contributed by atoms with Crippen molar-refractivity contribution in [3.05, 3.63) is 70.5 Å². The molecule has 4 rings (SSSR count). The number of rotatable bonds is 5. The molecule has 6 nitrogen and oxygen atoms in total. The summed E-state index contributed by atoms with van der Waals surface area (Å²) in [6.07, 6.45) is 1.72. The van der Waals surface area contributed by atoms with Gasteiger partial charge in [-0.25, -0.2) is 22.6 Å². The van der Waals surface area contributed by atoms with Crippen molar-refractivity contribution in [1.82, 2.24) is 4.98 Å². The fourth-order valence-electron chi connectivity index (χ4n) is 3.16. The molecule has 1 aliphatic rings. The lowest BCUT2D eigenvalue weighted by Gasteiger charge is -2.16. The van der Waals surface area contributed by atoms with Gasteiger partial charge in [-0.15, -0.1) is 11.3 Å². The molecule has 0 fully saturated rings. The monoisotopic (exact) mass is 432 g/mol. The minimum atomic E-state index is -3.33. The third kappa shape index (κ3) is 4.15. The molecule has 0 N–H and O–H groups in total. The fourth-order valence-corrected chi connectivity index (χ4v) is 4.93. The quantitative estimate of drug-likeness (QED) is 0.576. The maximum Gasteiger partial charge on any atom is 0.338 e. The first kappa shape index (κ1) is 19.5. The Balaban J connectivity index is 1.43. The van der Waals surface area contributed by atoms with Gasteiger partial charge >= 0.3 is 5.97 Å². The number of aromatic nitrogens is 1. The third-order valence-corrected chi connectivity index (χ3v) is 6.68. The molecule has 0 aliphatic carbocycles. The van der Waals surface area contributed by atoms with E-state index in [1.807, 2.05) is 0 Å². The van der Waals surface area contributed by atoms with Crippen LogP contribution in [0.15, 0.2) is 47.8 Å². The Morgan fingerprint density at radius 1 is 1.24 bits per heavy atom. The van der Waals surface area contributed by atoms with Crippen molar-refractivity contribution in [1.29, 1.82) is 0 Å². The maximum atomic E-state index is 13.0. The lowest BCUT2D eigenvalue weighted by molar-refractivity contribution is 0.0468. The van der Waals surface area contributed by atoms with Gasteiger partial charge in [0, 0.05) is 17.5 Å². The van der Waals surface area contributed by atoms with E-state index in [-0.39, 0.29) is 12.4 Å². The maximum absolute atomic E-state index is 13.0. The third-order valence-electron chi connectivity index (χ3n) is 4.56. The number of fused-ring (bicyclic) bond motifs is 1. The number of nitrogens with zero attached hydrogens (tertiary/aromatic N) is 2. The number of carbonyl (C=O) groups excluding carboxylic acids is 1. The van der Waals surface area contributed by atoms with E-state index in [1.54, 1.807) is 35.7 Å². The predicted octanol–water partition coefficient (Wildman–Crippen LogP) is 3.63. The molecule has 29 heavy (non-hydrogen) atoms. The van der Waals surface area contributed by atoms with Gasteiger partial charge in [0.15, 0.2) is 0 Å². The van der Waals surface area contributed by atoms with Crippen LogP contribution in [0.3, 0.4) is 0 Å². The number of benzene rings is 2. The summed E-state index contributed by atoms with van der Waals surface area (Å²) < 4.78 is 43.3. The predicted molar refractivity (Wildman–Crippen MR) is 109 cm³/mol. The fraction of sp³-hybridized carbons (Fsp3) is 0.200. The Morgan fingerprint density at radius 2 is 2.00 bits per heavy atom. The molecule has 1 aromatic heterocycles. The molecule has 2 heterocycles. The lowest BCUT2D eigenvalue weighted by atomic mass is 10.1. The van der Waals surface area contributed by atoms with Crippen molar-refractivity contribution in [3.8, 4) is 10.6 Å². The molecule has 0 spiro atoms. The highest BCUT2D eigenvalue weighted by Crippen LogP contribution is 2.31. The summed E-state index contributed by atoms with van der Waals surface area (Å²) in [5, 5.41) is 2.51. The second kappa shape index (κ2) is 7.57. The minimum absolute atomic E-state index is 0.0169. The van der Waals surface area contributed by atoms with E-state index in [0.717, 1.165) is 16.1 Å². The lowest BCUT2D eigenvalue weighted by Crippen LogP contribution is -2.27. The Hall–Kier alpha value is -2.78. The van der Waals surface area contributed by atoms with Gasteiger partial charge in [-0.2, -0.15) is 0 Å². The van der Waals surface area contributed by atoms with Gasteiger partial charge in [-0.3, -0.25) is 4.31 Å². The highest BCUT2D eigenvalue weighted by Gasteiger charge is 2.27. The molecule has 0 amide bonds. The molecule has 9 heteroatoms. The van der Waals surface area contributed by atoms with Gasteiger partial charge in [0.1, 0.15) is 17.4 Å². The van der Waals surface area contributed by atoms with Gasteiger partial charge in [0.25, 0.3) is 0 Å². The summed E-state index contributed by atoms with van der Waals surface area (Å²) in [6.45, 7) is 0.390. The van der Waals surface area contributed by atoms with Crippen molar-refractivity contribution in [3.63, 3.8) is 0 Å². The van der Waals surface area contributed by atoms with Crippen LogP contribution in [0.2, 0.25) is 0 Å². The second-order valence-electron chi connectivity index (χ2n) is 6.66. The summed E-state index contributed by atoms with van der Waals surface area (Å²) in [7, 11) is -3.33. The number of anilines is 1. The van der Waals surface area contributed by atoms with E-state index < -0.39 is 16.0 Å². The summed E-state index contributed by atoms with van der Waals surface area (Å²) in [4.78, 5) is 16.8. The van der Waals surface area contributed by atoms with Crippen LogP contribution >= 0.6 is 11.3 Å². The van der Waals surface area contributed by atoms with Crippen LogP contribution < -0.4 is 4.31 Å². The molecule has 0 bridgehead atoms. The van der Waals surface area contributed by atoms with Crippen LogP contribution in [-0.4, -0.2) is 32.2 Å². The summed E-state index contributed by atoms with van der Waals surface area (Å²) >= 11 is 1.39. The van der Waals surface area contributed by atoms with Crippen molar-refractivity contribution >= 4 is 33.0 Å². The number of sulfonamides is 1. The zero-order valence-electron chi connectivity index (χ0n) is 15.5. The highest BCUT2D eigenvalue weighted by molar-refractivity contribution is 7.92. The molecular formula is C20H17FN2O4S2. The number of thiazole rings is 1. The molecule has 0 atom stereocenters. The van der Waals surface area contributed by atoms with Gasteiger partial charge in [0.2, 0.25) is 10.0 Å². The Labute approximate surface area is 171 Å². The van der Waals surface area contributed by atoms with Gasteiger partial charge in [-0.1, -0.05) is 0 Å².